The standard InChI is InChI=1S/C24H23N5O3S/c1-15-10-16(2)12-19(11-15)25-22(30)14-33-24-28-27-21-9-4-17(13-29(21)24)23(31)26-18-5-7-20(32-3)8-6-18/h4-13H,14H2,1-3H3,(H,25,30)(H,26,31). The van der Waals surface area contributed by atoms with Crippen LogP contribution in [0.25, 0.3) is 5.65 Å². The van der Waals surface area contributed by atoms with Crippen LogP contribution in [0.3, 0.4) is 0 Å². The van der Waals surface area contributed by atoms with Crippen molar-refractivity contribution in [3.05, 3.63) is 77.5 Å². The lowest BCUT2D eigenvalue weighted by Crippen LogP contribution is -2.15. The number of rotatable bonds is 7. The summed E-state index contributed by atoms with van der Waals surface area (Å²) in [6.45, 7) is 3.98. The lowest BCUT2D eigenvalue weighted by Gasteiger charge is -2.08. The maximum atomic E-state index is 12.7. The van der Waals surface area contributed by atoms with Gasteiger partial charge in [0.25, 0.3) is 5.91 Å². The predicted molar refractivity (Wildman–Crippen MR) is 129 cm³/mol. The second-order valence-electron chi connectivity index (χ2n) is 7.52. The van der Waals surface area contributed by atoms with Crippen molar-refractivity contribution < 1.29 is 14.3 Å². The molecule has 2 amide bonds. The van der Waals surface area contributed by atoms with Crippen LogP contribution in [0.15, 0.2) is 66.0 Å². The number of aromatic nitrogens is 3. The summed E-state index contributed by atoms with van der Waals surface area (Å²) in [6, 6.07) is 16.4. The van der Waals surface area contributed by atoms with Crippen molar-refractivity contribution in [2.75, 3.05) is 23.5 Å². The number of thioether (sulfide) groups is 1. The first-order chi connectivity index (χ1) is 15.9. The van der Waals surface area contributed by atoms with Crippen LogP contribution in [0.2, 0.25) is 0 Å². The lowest BCUT2D eigenvalue weighted by molar-refractivity contribution is -0.113. The summed E-state index contributed by atoms with van der Waals surface area (Å²) in [5.74, 6) is 0.465. The van der Waals surface area contributed by atoms with Crippen LogP contribution in [0.1, 0.15) is 21.5 Å². The third-order valence-corrected chi connectivity index (χ3v) is 5.76. The fourth-order valence-corrected chi connectivity index (χ4v) is 4.07. The van der Waals surface area contributed by atoms with Gasteiger partial charge in [-0.05, 0) is 73.5 Å². The molecule has 2 heterocycles. The van der Waals surface area contributed by atoms with Gasteiger partial charge in [-0.2, -0.15) is 0 Å². The molecule has 0 aliphatic carbocycles. The number of benzene rings is 2. The highest BCUT2D eigenvalue weighted by atomic mass is 32.2. The first-order valence-electron chi connectivity index (χ1n) is 10.2. The molecule has 168 valence electrons. The van der Waals surface area contributed by atoms with E-state index in [2.05, 4.69) is 26.9 Å². The van der Waals surface area contributed by atoms with Crippen molar-refractivity contribution in [3.63, 3.8) is 0 Å². The number of nitrogens with one attached hydrogen (secondary N) is 2. The van der Waals surface area contributed by atoms with E-state index in [1.54, 1.807) is 54.1 Å². The molecule has 0 aliphatic rings. The van der Waals surface area contributed by atoms with Crippen molar-refractivity contribution in [2.24, 2.45) is 0 Å². The van der Waals surface area contributed by atoms with Crippen LogP contribution < -0.4 is 15.4 Å². The molecule has 0 aliphatic heterocycles. The SMILES string of the molecule is COc1ccc(NC(=O)c2ccc3nnc(SCC(=O)Nc4cc(C)cc(C)c4)n3c2)cc1. The number of anilines is 2. The Balaban J connectivity index is 1.43. The monoisotopic (exact) mass is 461 g/mol. The molecule has 0 saturated carbocycles. The summed E-state index contributed by atoms with van der Waals surface area (Å²) in [7, 11) is 1.59. The molecule has 0 bridgehead atoms. The van der Waals surface area contributed by atoms with Gasteiger partial charge >= 0.3 is 0 Å². The summed E-state index contributed by atoms with van der Waals surface area (Å²) in [6.07, 6.45) is 1.67. The molecular weight excluding hydrogens is 438 g/mol. The van der Waals surface area contributed by atoms with E-state index in [9.17, 15) is 9.59 Å². The quantitative estimate of drug-likeness (QED) is 0.398. The Morgan fingerprint density at radius 2 is 1.67 bits per heavy atom. The molecule has 8 nitrogen and oxygen atoms in total. The van der Waals surface area contributed by atoms with Gasteiger partial charge in [0.05, 0.1) is 18.4 Å². The number of hydrogen-bond acceptors (Lipinski definition) is 6. The average molecular weight is 462 g/mol. The van der Waals surface area contributed by atoms with Gasteiger partial charge in [-0.1, -0.05) is 17.8 Å². The molecular formula is C24H23N5O3S. The van der Waals surface area contributed by atoms with Gasteiger partial charge in [0.15, 0.2) is 10.8 Å². The Kier molecular flexibility index (Phi) is 6.60. The van der Waals surface area contributed by atoms with Crippen LogP contribution in [-0.2, 0) is 4.79 Å². The molecule has 0 saturated heterocycles. The molecule has 0 spiro atoms. The molecule has 2 aromatic carbocycles. The highest BCUT2D eigenvalue weighted by Gasteiger charge is 2.13. The number of hydrogen-bond donors (Lipinski definition) is 2. The Morgan fingerprint density at radius 1 is 0.939 bits per heavy atom. The number of aryl methyl sites for hydroxylation is 2. The van der Waals surface area contributed by atoms with Crippen LogP contribution in [0.5, 0.6) is 5.75 Å². The summed E-state index contributed by atoms with van der Waals surface area (Å²) >= 11 is 1.25. The van der Waals surface area contributed by atoms with Crippen molar-refractivity contribution in [1.29, 1.82) is 0 Å². The van der Waals surface area contributed by atoms with Gasteiger partial charge in [0.1, 0.15) is 5.75 Å². The van der Waals surface area contributed by atoms with Gasteiger partial charge in [-0.25, -0.2) is 0 Å². The second kappa shape index (κ2) is 9.74. The molecule has 0 fully saturated rings. The van der Waals surface area contributed by atoms with Crippen molar-refractivity contribution in [3.8, 4) is 5.75 Å². The first-order valence-corrected chi connectivity index (χ1v) is 11.2. The molecule has 9 heteroatoms. The molecule has 0 unspecified atom stereocenters. The van der Waals surface area contributed by atoms with Gasteiger partial charge in [0.2, 0.25) is 5.91 Å². The summed E-state index contributed by atoms with van der Waals surface area (Å²) in [4.78, 5) is 25.1. The van der Waals surface area contributed by atoms with Crippen LogP contribution >= 0.6 is 11.8 Å². The number of nitrogens with zero attached hydrogens (tertiary/aromatic N) is 3. The van der Waals surface area contributed by atoms with Crippen molar-refractivity contribution in [1.82, 2.24) is 14.6 Å². The molecule has 0 radical (unpaired) electrons. The minimum Gasteiger partial charge on any atom is -0.497 e. The normalized spacial score (nSPS) is 10.8. The van der Waals surface area contributed by atoms with E-state index >= 15 is 0 Å². The number of carbonyl (C=O) groups excluding carboxylic acids is 2. The fourth-order valence-electron chi connectivity index (χ4n) is 3.35. The Labute approximate surface area is 195 Å². The number of carbonyl (C=O) groups is 2. The van der Waals surface area contributed by atoms with Gasteiger partial charge in [-0.3, -0.25) is 14.0 Å². The van der Waals surface area contributed by atoms with Gasteiger partial charge in [0, 0.05) is 17.6 Å². The number of ether oxygens (including phenoxy) is 1. The number of amides is 2. The summed E-state index contributed by atoms with van der Waals surface area (Å²) in [5, 5.41) is 14.6. The zero-order valence-electron chi connectivity index (χ0n) is 18.5. The van der Waals surface area contributed by atoms with E-state index in [0.717, 1.165) is 16.8 Å². The zero-order chi connectivity index (χ0) is 23.4. The molecule has 33 heavy (non-hydrogen) atoms. The van der Waals surface area contributed by atoms with Gasteiger partial charge < -0.3 is 15.4 Å². The molecule has 4 rings (SSSR count). The lowest BCUT2D eigenvalue weighted by atomic mass is 10.1. The fraction of sp³-hybridized carbons (Fsp3) is 0.167. The van der Waals surface area contributed by atoms with Crippen molar-refractivity contribution >= 4 is 40.6 Å². The third-order valence-electron chi connectivity index (χ3n) is 4.82. The first kappa shape index (κ1) is 22.3. The number of pyridine rings is 1. The largest absolute Gasteiger partial charge is 0.497 e. The second-order valence-corrected chi connectivity index (χ2v) is 8.47. The maximum Gasteiger partial charge on any atom is 0.257 e. The number of methoxy groups -OCH3 is 1. The van der Waals surface area contributed by atoms with E-state index in [1.807, 2.05) is 26.0 Å². The third kappa shape index (κ3) is 5.50. The highest BCUT2D eigenvalue weighted by molar-refractivity contribution is 7.99. The van der Waals surface area contributed by atoms with E-state index in [-0.39, 0.29) is 17.6 Å². The Morgan fingerprint density at radius 3 is 2.36 bits per heavy atom. The molecule has 2 aromatic heterocycles. The van der Waals surface area contributed by atoms with Gasteiger partial charge in [-0.15, -0.1) is 10.2 Å². The van der Waals surface area contributed by atoms with Crippen molar-refractivity contribution in [2.45, 2.75) is 19.0 Å². The number of fused-ring (bicyclic) bond motifs is 1. The Bertz CT molecular complexity index is 1300. The minimum absolute atomic E-state index is 0.143. The maximum absolute atomic E-state index is 12.7. The van der Waals surface area contributed by atoms with E-state index in [4.69, 9.17) is 4.74 Å². The predicted octanol–water partition coefficient (Wildman–Crippen LogP) is 4.34. The van der Waals surface area contributed by atoms with E-state index in [1.165, 1.54) is 11.8 Å². The summed E-state index contributed by atoms with van der Waals surface area (Å²) in [5.41, 5.74) is 4.63. The van der Waals surface area contributed by atoms with E-state index in [0.29, 0.717) is 27.8 Å². The van der Waals surface area contributed by atoms with Crippen LogP contribution in [-0.4, -0.2) is 39.3 Å². The molecule has 0 atom stereocenters. The smallest absolute Gasteiger partial charge is 0.257 e. The zero-order valence-corrected chi connectivity index (χ0v) is 19.3. The minimum atomic E-state index is -0.265. The summed E-state index contributed by atoms with van der Waals surface area (Å²) < 4.78 is 6.84. The molecule has 2 N–H and O–H groups in total. The molecule has 4 aromatic rings. The topological polar surface area (TPSA) is 97.6 Å². The van der Waals surface area contributed by atoms with Crippen LogP contribution in [0, 0.1) is 13.8 Å². The average Bonchev–Trinajstić information content (AvgIpc) is 3.19. The van der Waals surface area contributed by atoms with Crippen LogP contribution in [0.4, 0.5) is 11.4 Å². The Hall–Kier alpha value is -3.85. The highest BCUT2D eigenvalue weighted by Crippen LogP contribution is 2.20. The van der Waals surface area contributed by atoms with E-state index < -0.39 is 0 Å².